The van der Waals surface area contributed by atoms with Crippen LogP contribution in [0.5, 0.6) is 17.2 Å². The highest BCUT2D eigenvalue weighted by atomic mass is 35.5. The number of anilines is 1. The second-order valence-corrected chi connectivity index (χ2v) is 9.54. The monoisotopic (exact) mass is 570 g/mol. The second kappa shape index (κ2) is 12.7. The molecule has 1 heterocycles. The Labute approximate surface area is 233 Å². The minimum atomic E-state index is -0.599. The summed E-state index contributed by atoms with van der Waals surface area (Å²) in [7, 11) is 1.44. The van der Waals surface area contributed by atoms with E-state index in [0.717, 1.165) is 16.7 Å². The molecule has 0 aliphatic carbocycles. The van der Waals surface area contributed by atoms with Gasteiger partial charge in [-0.05, 0) is 66.7 Å². The molecular formula is C28H24ClFN2O6S. The normalized spacial score (nSPS) is 14.1. The lowest BCUT2D eigenvalue weighted by Crippen LogP contribution is -2.28. The third-order valence-corrected chi connectivity index (χ3v) is 6.82. The Kier molecular flexibility index (Phi) is 9.11. The summed E-state index contributed by atoms with van der Waals surface area (Å²) in [6, 6.07) is 16.1. The first-order valence-corrected chi connectivity index (χ1v) is 13.0. The van der Waals surface area contributed by atoms with Gasteiger partial charge in [0.2, 0.25) is 0 Å². The molecule has 1 fully saturated rings. The van der Waals surface area contributed by atoms with Crippen LogP contribution in [0.2, 0.25) is 5.02 Å². The van der Waals surface area contributed by atoms with E-state index in [1.807, 2.05) is 13.0 Å². The Morgan fingerprint density at radius 1 is 1.05 bits per heavy atom. The number of imide groups is 1. The van der Waals surface area contributed by atoms with Crippen LogP contribution in [0.25, 0.3) is 6.08 Å². The van der Waals surface area contributed by atoms with Gasteiger partial charge in [0.15, 0.2) is 18.1 Å². The maximum Gasteiger partial charge on any atom is 0.293 e. The van der Waals surface area contributed by atoms with Crippen molar-refractivity contribution in [3.05, 3.63) is 87.5 Å². The summed E-state index contributed by atoms with van der Waals surface area (Å²) in [5.74, 6) is -0.368. The van der Waals surface area contributed by atoms with Gasteiger partial charge in [-0.3, -0.25) is 19.3 Å². The van der Waals surface area contributed by atoms with Crippen LogP contribution in [0.3, 0.4) is 0 Å². The van der Waals surface area contributed by atoms with Crippen molar-refractivity contribution in [1.82, 2.24) is 4.90 Å². The quantitative estimate of drug-likeness (QED) is 0.293. The number of carbonyl (C=O) groups excluding carboxylic acids is 3. The third kappa shape index (κ3) is 6.71. The highest BCUT2D eigenvalue weighted by molar-refractivity contribution is 8.18. The number of carbonyl (C=O) groups is 3. The standard InChI is InChI=1S/C28H24ClFN2O6S/c1-3-37-22-10-5-4-9-21(22)31-26(33)16-38-23-12-11-17(13-24(23)36-2)14-25-27(34)32(28(35)39-25)15-18-19(29)7-6-8-20(18)30/h4-14H,3,15-16H2,1-2H3,(H,31,33)/b25-14-. The summed E-state index contributed by atoms with van der Waals surface area (Å²) in [6.45, 7) is 1.75. The zero-order valence-electron chi connectivity index (χ0n) is 21.0. The Morgan fingerprint density at radius 3 is 2.59 bits per heavy atom. The minimum absolute atomic E-state index is 0.0660. The fourth-order valence-corrected chi connectivity index (χ4v) is 4.76. The fraction of sp³-hybridized carbons (Fsp3) is 0.179. The van der Waals surface area contributed by atoms with E-state index in [1.54, 1.807) is 36.4 Å². The predicted octanol–water partition coefficient (Wildman–Crippen LogP) is 6.14. The molecule has 1 N–H and O–H groups in total. The number of hydrogen-bond donors (Lipinski definition) is 1. The highest BCUT2D eigenvalue weighted by Crippen LogP contribution is 2.36. The summed E-state index contributed by atoms with van der Waals surface area (Å²) >= 11 is 6.80. The van der Waals surface area contributed by atoms with E-state index < -0.39 is 22.9 Å². The zero-order chi connectivity index (χ0) is 27.9. The van der Waals surface area contributed by atoms with Crippen molar-refractivity contribution in [3.8, 4) is 17.2 Å². The number of halogens is 2. The van der Waals surface area contributed by atoms with E-state index in [-0.39, 0.29) is 28.6 Å². The molecule has 0 radical (unpaired) electrons. The van der Waals surface area contributed by atoms with Crippen LogP contribution in [-0.4, -0.2) is 42.3 Å². The van der Waals surface area contributed by atoms with Gasteiger partial charge < -0.3 is 19.5 Å². The van der Waals surface area contributed by atoms with Crippen molar-refractivity contribution < 1.29 is 33.0 Å². The lowest BCUT2D eigenvalue weighted by Gasteiger charge is -2.14. The summed E-state index contributed by atoms with van der Waals surface area (Å²) in [4.78, 5) is 39.0. The van der Waals surface area contributed by atoms with Crippen LogP contribution in [0.4, 0.5) is 14.9 Å². The molecule has 0 atom stereocenters. The molecule has 202 valence electrons. The maximum absolute atomic E-state index is 14.2. The van der Waals surface area contributed by atoms with Gasteiger partial charge in [-0.1, -0.05) is 35.9 Å². The molecule has 0 saturated carbocycles. The Morgan fingerprint density at radius 2 is 1.85 bits per heavy atom. The zero-order valence-corrected chi connectivity index (χ0v) is 22.6. The topological polar surface area (TPSA) is 94.2 Å². The minimum Gasteiger partial charge on any atom is -0.493 e. The summed E-state index contributed by atoms with van der Waals surface area (Å²) in [6.07, 6.45) is 1.53. The van der Waals surface area contributed by atoms with Gasteiger partial charge in [0, 0.05) is 10.6 Å². The SMILES string of the molecule is CCOc1ccccc1NC(=O)COc1ccc(/C=C2\SC(=O)N(Cc3c(F)cccc3Cl)C2=O)cc1OC. The van der Waals surface area contributed by atoms with Crippen LogP contribution in [-0.2, 0) is 16.1 Å². The number of ether oxygens (including phenoxy) is 3. The van der Waals surface area contributed by atoms with Gasteiger partial charge in [0.1, 0.15) is 11.6 Å². The summed E-state index contributed by atoms with van der Waals surface area (Å²) in [5.41, 5.74) is 1.15. The smallest absolute Gasteiger partial charge is 0.293 e. The third-order valence-electron chi connectivity index (χ3n) is 5.56. The van der Waals surface area contributed by atoms with Crippen molar-refractivity contribution in [3.63, 3.8) is 0 Å². The van der Waals surface area contributed by atoms with Gasteiger partial charge in [-0.25, -0.2) is 4.39 Å². The number of benzene rings is 3. The van der Waals surface area contributed by atoms with Gasteiger partial charge >= 0.3 is 0 Å². The number of nitrogens with one attached hydrogen (secondary N) is 1. The van der Waals surface area contributed by atoms with E-state index in [9.17, 15) is 18.8 Å². The molecule has 3 aromatic carbocycles. The number of methoxy groups -OCH3 is 1. The molecule has 39 heavy (non-hydrogen) atoms. The molecule has 0 aromatic heterocycles. The molecule has 1 aliphatic heterocycles. The van der Waals surface area contributed by atoms with Crippen LogP contribution >= 0.6 is 23.4 Å². The average molecular weight is 571 g/mol. The molecule has 11 heteroatoms. The average Bonchev–Trinajstić information content (AvgIpc) is 3.18. The first-order chi connectivity index (χ1) is 18.8. The van der Waals surface area contributed by atoms with Gasteiger partial charge in [0.05, 0.1) is 30.9 Å². The van der Waals surface area contributed by atoms with Gasteiger partial charge in [-0.15, -0.1) is 0 Å². The van der Waals surface area contributed by atoms with E-state index in [4.69, 9.17) is 25.8 Å². The Bertz CT molecular complexity index is 1430. The van der Waals surface area contributed by atoms with Crippen molar-refractivity contribution in [2.75, 3.05) is 25.6 Å². The van der Waals surface area contributed by atoms with E-state index in [2.05, 4.69) is 5.32 Å². The number of hydrogen-bond acceptors (Lipinski definition) is 7. The number of nitrogens with zero attached hydrogens (tertiary/aromatic N) is 1. The molecule has 1 aliphatic rings. The molecular weight excluding hydrogens is 547 g/mol. The van der Waals surface area contributed by atoms with Crippen LogP contribution in [0, 0.1) is 5.82 Å². The van der Waals surface area contributed by atoms with Crippen molar-refractivity contribution >= 4 is 52.2 Å². The molecule has 4 rings (SSSR count). The first-order valence-electron chi connectivity index (χ1n) is 11.8. The predicted molar refractivity (Wildman–Crippen MR) is 148 cm³/mol. The van der Waals surface area contributed by atoms with Gasteiger partial charge in [0.25, 0.3) is 17.1 Å². The Balaban J connectivity index is 1.43. The molecule has 3 aromatic rings. The van der Waals surface area contributed by atoms with Crippen LogP contribution in [0.15, 0.2) is 65.6 Å². The highest BCUT2D eigenvalue weighted by Gasteiger charge is 2.36. The van der Waals surface area contributed by atoms with Gasteiger partial charge in [-0.2, -0.15) is 0 Å². The van der Waals surface area contributed by atoms with Crippen LogP contribution < -0.4 is 19.5 Å². The van der Waals surface area contributed by atoms with Crippen molar-refractivity contribution in [2.45, 2.75) is 13.5 Å². The molecule has 1 saturated heterocycles. The van der Waals surface area contributed by atoms with E-state index in [1.165, 1.54) is 31.4 Å². The van der Waals surface area contributed by atoms with E-state index in [0.29, 0.717) is 35.1 Å². The second-order valence-electron chi connectivity index (χ2n) is 8.14. The molecule has 0 unspecified atom stereocenters. The van der Waals surface area contributed by atoms with E-state index >= 15 is 0 Å². The molecule has 8 nitrogen and oxygen atoms in total. The van der Waals surface area contributed by atoms with Crippen molar-refractivity contribution in [2.24, 2.45) is 0 Å². The molecule has 3 amide bonds. The van der Waals surface area contributed by atoms with Crippen molar-refractivity contribution in [1.29, 1.82) is 0 Å². The number of rotatable bonds is 10. The molecule has 0 spiro atoms. The summed E-state index contributed by atoms with van der Waals surface area (Å²) in [5, 5.41) is 2.35. The lowest BCUT2D eigenvalue weighted by molar-refractivity contribution is -0.123. The van der Waals surface area contributed by atoms with Crippen LogP contribution in [0.1, 0.15) is 18.1 Å². The lowest BCUT2D eigenvalue weighted by atomic mass is 10.1. The number of thioether (sulfide) groups is 1. The fourth-order valence-electron chi connectivity index (χ4n) is 3.70. The number of amides is 3. The first kappa shape index (κ1) is 28.0. The molecule has 0 bridgehead atoms. The largest absolute Gasteiger partial charge is 0.493 e. The maximum atomic E-state index is 14.2. The number of para-hydroxylation sites is 2. The Hall–Kier alpha value is -4.02. The summed E-state index contributed by atoms with van der Waals surface area (Å²) < 4.78 is 30.7.